The summed E-state index contributed by atoms with van der Waals surface area (Å²) in [7, 11) is 0. The first-order chi connectivity index (χ1) is 11.5. The fraction of sp³-hybridized carbons (Fsp3) is 0.571. The number of aryl methyl sites for hydroxylation is 1. The normalized spacial score (nSPS) is 16.7. The minimum atomic E-state index is -0.280. The molecule has 0 saturated heterocycles. The fourth-order valence-corrected chi connectivity index (χ4v) is 4.49. The minimum Gasteiger partial charge on any atom is -0.366 e. The van der Waals surface area contributed by atoms with Crippen molar-refractivity contribution in [2.45, 2.75) is 71.8 Å². The Balaban J connectivity index is 2.16. The number of carbonyl (C=O) groups excluding carboxylic acids is 1. The number of amides is 1. The number of benzene rings is 1. The molecule has 0 bridgehead atoms. The molecule has 0 unspecified atom stereocenters. The van der Waals surface area contributed by atoms with Crippen LogP contribution in [-0.4, -0.2) is 10.5 Å². The summed E-state index contributed by atoms with van der Waals surface area (Å²) in [5, 5.41) is 1.06. The highest BCUT2D eigenvalue weighted by molar-refractivity contribution is 6.09. The van der Waals surface area contributed by atoms with E-state index in [9.17, 15) is 4.79 Å². The van der Waals surface area contributed by atoms with Gasteiger partial charge in [-0.25, -0.2) is 0 Å². The molecule has 0 spiro atoms. The van der Waals surface area contributed by atoms with Crippen LogP contribution in [0.5, 0.6) is 0 Å². The van der Waals surface area contributed by atoms with E-state index in [1.807, 2.05) is 0 Å². The summed E-state index contributed by atoms with van der Waals surface area (Å²) < 4.78 is 2.35. The number of rotatable bonds is 4. The van der Waals surface area contributed by atoms with Gasteiger partial charge < -0.3 is 10.3 Å². The summed E-state index contributed by atoms with van der Waals surface area (Å²) >= 11 is 0. The zero-order valence-corrected chi connectivity index (χ0v) is 15.3. The zero-order valence-electron chi connectivity index (χ0n) is 15.3. The second-order valence-corrected chi connectivity index (χ2v) is 7.68. The van der Waals surface area contributed by atoms with Gasteiger partial charge in [-0.3, -0.25) is 4.79 Å². The highest BCUT2D eigenvalue weighted by atomic mass is 16.1. The molecule has 1 heterocycles. The standard InChI is InChI=1S/C21H30N2O/c1-14(2)23-17-12-8-9-15(3)19(17)20(21(22)24)18(23)13-16-10-6-4-5-7-11-16/h8-9,12,14,16H,4-7,10-11,13H2,1-3H3,(H2,22,24). The highest BCUT2D eigenvalue weighted by Gasteiger charge is 2.25. The van der Waals surface area contributed by atoms with Crippen LogP contribution in [-0.2, 0) is 6.42 Å². The third-order valence-electron chi connectivity index (χ3n) is 5.56. The molecule has 130 valence electrons. The lowest BCUT2D eigenvalue weighted by atomic mass is 9.92. The maximum absolute atomic E-state index is 12.3. The average molecular weight is 326 g/mol. The van der Waals surface area contributed by atoms with Gasteiger partial charge in [-0.05, 0) is 44.7 Å². The van der Waals surface area contributed by atoms with E-state index in [4.69, 9.17) is 5.73 Å². The summed E-state index contributed by atoms with van der Waals surface area (Å²) in [6.07, 6.45) is 8.87. The molecular weight excluding hydrogens is 296 g/mol. The van der Waals surface area contributed by atoms with E-state index >= 15 is 0 Å². The van der Waals surface area contributed by atoms with E-state index in [0.717, 1.165) is 34.1 Å². The van der Waals surface area contributed by atoms with Crippen molar-refractivity contribution >= 4 is 16.8 Å². The van der Waals surface area contributed by atoms with Gasteiger partial charge in [-0.1, -0.05) is 50.7 Å². The smallest absolute Gasteiger partial charge is 0.251 e. The first-order valence-electron chi connectivity index (χ1n) is 9.43. The van der Waals surface area contributed by atoms with Crippen molar-refractivity contribution in [1.29, 1.82) is 0 Å². The number of primary amides is 1. The molecule has 0 aliphatic heterocycles. The van der Waals surface area contributed by atoms with E-state index in [1.54, 1.807) is 0 Å². The second kappa shape index (κ2) is 7.00. The van der Waals surface area contributed by atoms with Gasteiger partial charge in [0.1, 0.15) is 0 Å². The van der Waals surface area contributed by atoms with Crippen LogP contribution in [0.15, 0.2) is 18.2 Å². The Labute approximate surface area is 145 Å². The molecule has 3 nitrogen and oxygen atoms in total. The van der Waals surface area contributed by atoms with E-state index < -0.39 is 0 Å². The molecule has 24 heavy (non-hydrogen) atoms. The van der Waals surface area contributed by atoms with Gasteiger partial charge in [-0.15, -0.1) is 0 Å². The molecule has 1 aromatic heterocycles. The molecule has 1 amide bonds. The van der Waals surface area contributed by atoms with Crippen LogP contribution in [0, 0.1) is 12.8 Å². The van der Waals surface area contributed by atoms with Gasteiger partial charge in [0.25, 0.3) is 5.91 Å². The molecule has 1 aliphatic carbocycles. The Morgan fingerprint density at radius 2 is 1.88 bits per heavy atom. The van der Waals surface area contributed by atoms with Gasteiger partial charge in [0.05, 0.1) is 5.56 Å². The first-order valence-corrected chi connectivity index (χ1v) is 9.43. The summed E-state index contributed by atoms with van der Waals surface area (Å²) in [5.41, 5.74) is 10.1. The summed E-state index contributed by atoms with van der Waals surface area (Å²) in [4.78, 5) is 12.3. The topological polar surface area (TPSA) is 48.0 Å². The lowest BCUT2D eigenvalue weighted by Crippen LogP contribution is -2.18. The number of nitrogens with zero attached hydrogens (tertiary/aromatic N) is 1. The number of nitrogens with two attached hydrogens (primary N) is 1. The van der Waals surface area contributed by atoms with Crippen molar-refractivity contribution in [2.75, 3.05) is 0 Å². The molecule has 0 radical (unpaired) electrons. The Morgan fingerprint density at radius 3 is 2.46 bits per heavy atom. The van der Waals surface area contributed by atoms with Crippen LogP contribution in [0.1, 0.15) is 80.0 Å². The Kier molecular flexibility index (Phi) is 4.98. The van der Waals surface area contributed by atoms with Gasteiger partial charge >= 0.3 is 0 Å². The number of carbonyl (C=O) groups is 1. The quantitative estimate of drug-likeness (QED) is 0.777. The molecule has 2 N–H and O–H groups in total. The van der Waals surface area contributed by atoms with Gasteiger partial charge in [0.15, 0.2) is 0 Å². The van der Waals surface area contributed by atoms with Crippen LogP contribution in [0.25, 0.3) is 10.9 Å². The molecule has 1 fully saturated rings. The predicted molar refractivity (Wildman–Crippen MR) is 100 cm³/mol. The van der Waals surface area contributed by atoms with Crippen LogP contribution in [0.4, 0.5) is 0 Å². The van der Waals surface area contributed by atoms with Gasteiger partial charge in [0.2, 0.25) is 0 Å². The number of hydrogen-bond acceptors (Lipinski definition) is 1. The molecule has 0 atom stereocenters. The monoisotopic (exact) mass is 326 g/mol. The number of hydrogen-bond donors (Lipinski definition) is 1. The third kappa shape index (κ3) is 3.09. The van der Waals surface area contributed by atoms with Crippen LogP contribution >= 0.6 is 0 Å². The molecular formula is C21H30N2O. The van der Waals surface area contributed by atoms with E-state index in [1.165, 1.54) is 38.5 Å². The first kappa shape index (κ1) is 17.1. The molecule has 2 aromatic rings. The van der Waals surface area contributed by atoms with Crippen molar-refractivity contribution < 1.29 is 4.79 Å². The SMILES string of the molecule is Cc1cccc2c1c(C(N)=O)c(CC1CCCCCC1)n2C(C)C. The van der Waals surface area contributed by atoms with Crippen LogP contribution in [0.2, 0.25) is 0 Å². The van der Waals surface area contributed by atoms with Crippen LogP contribution < -0.4 is 5.73 Å². The lowest BCUT2D eigenvalue weighted by molar-refractivity contribution is 0.100. The Bertz CT molecular complexity index is 734. The maximum Gasteiger partial charge on any atom is 0.251 e. The zero-order chi connectivity index (χ0) is 17.3. The average Bonchev–Trinajstić information content (AvgIpc) is 2.65. The van der Waals surface area contributed by atoms with Crippen molar-refractivity contribution in [3.05, 3.63) is 35.0 Å². The molecule has 3 heteroatoms. The fourth-order valence-electron chi connectivity index (χ4n) is 4.49. The van der Waals surface area contributed by atoms with Gasteiger partial charge in [0, 0.05) is 22.6 Å². The highest BCUT2D eigenvalue weighted by Crippen LogP contribution is 2.35. The predicted octanol–water partition coefficient (Wildman–Crippen LogP) is 5.14. The van der Waals surface area contributed by atoms with Crippen molar-refractivity contribution in [3.63, 3.8) is 0 Å². The molecule has 3 rings (SSSR count). The minimum absolute atomic E-state index is 0.280. The molecule has 1 aliphatic rings. The largest absolute Gasteiger partial charge is 0.366 e. The van der Waals surface area contributed by atoms with Crippen LogP contribution in [0.3, 0.4) is 0 Å². The summed E-state index contributed by atoms with van der Waals surface area (Å²) in [6, 6.07) is 6.61. The van der Waals surface area contributed by atoms with E-state index in [-0.39, 0.29) is 5.91 Å². The number of aromatic nitrogens is 1. The summed E-state index contributed by atoms with van der Waals surface area (Å²) in [6.45, 7) is 6.47. The summed E-state index contributed by atoms with van der Waals surface area (Å²) in [5.74, 6) is 0.394. The van der Waals surface area contributed by atoms with Gasteiger partial charge in [-0.2, -0.15) is 0 Å². The Morgan fingerprint density at radius 1 is 1.21 bits per heavy atom. The molecule has 1 saturated carbocycles. The van der Waals surface area contributed by atoms with E-state index in [0.29, 0.717) is 12.0 Å². The number of fused-ring (bicyclic) bond motifs is 1. The maximum atomic E-state index is 12.3. The van der Waals surface area contributed by atoms with E-state index in [2.05, 4.69) is 43.5 Å². The lowest BCUT2D eigenvalue weighted by Gasteiger charge is -2.20. The van der Waals surface area contributed by atoms with Crippen molar-refractivity contribution in [1.82, 2.24) is 4.57 Å². The Hall–Kier alpha value is -1.77. The third-order valence-corrected chi connectivity index (χ3v) is 5.56. The van der Waals surface area contributed by atoms with Crippen molar-refractivity contribution in [2.24, 2.45) is 11.7 Å². The van der Waals surface area contributed by atoms with Crippen molar-refractivity contribution in [3.8, 4) is 0 Å². The molecule has 1 aromatic carbocycles. The second-order valence-electron chi connectivity index (χ2n) is 7.68.